The lowest BCUT2D eigenvalue weighted by Crippen LogP contribution is -2.35. The van der Waals surface area contributed by atoms with E-state index in [0.29, 0.717) is 25.0 Å². The molecule has 2 heteroatoms. The molecular weight excluding hydrogens is 308 g/mol. The quantitative estimate of drug-likeness (QED) is 0.693. The minimum Gasteiger partial charge on any atom is -0.383 e. The summed E-state index contributed by atoms with van der Waals surface area (Å²) in [6.45, 7) is 10.3. The first-order valence-corrected chi connectivity index (χ1v) is 9.21. The monoisotopic (exact) mass is 338 g/mol. The predicted molar refractivity (Wildman–Crippen MR) is 105 cm³/mol. The molecule has 0 saturated heterocycles. The maximum Gasteiger partial charge on any atom is 0.0681 e. The zero-order valence-electron chi connectivity index (χ0n) is 16.3. The molecule has 2 aromatic carbocycles. The molecule has 0 aliphatic heterocycles. The summed E-state index contributed by atoms with van der Waals surface area (Å²) in [5.41, 5.74) is 7.89. The molecule has 0 unspecified atom stereocenters. The van der Waals surface area contributed by atoms with Crippen LogP contribution in [0, 0.1) is 0 Å². The van der Waals surface area contributed by atoms with E-state index in [1.165, 1.54) is 33.4 Å². The van der Waals surface area contributed by atoms with Crippen LogP contribution in [0.15, 0.2) is 36.4 Å². The highest BCUT2D eigenvalue weighted by atomic mass is 16.5. The molecule has 0 saturated carbocycles. The first-order chi connectivity index (χ1) is 11.9. The number of benzene rings is 2. The molecule has 0 N–H and O–H groups in total. The summed E-state index contributed by atoms with van der Waals surface area (Å²) < 4.78 is 11.3. The summed E-state index contributed by atoms with van der Waals surface area (Å²) in [6.07, 6.45) is 0. The third kappa shape index (κ3) is 2.92. The van der Waals surface area contributed by atoms with Crippen molar-refractivity contribution in [3.05, 3.63) is 58.7 Å². The van der Waals surface area contributed by atoms with E-state index >= 15 is 0 Å². The van der Waals surface area contributed by atoms with E-state index in [2.05, 4.69) is 64.1 Å². The minimum absolute atomic E-state index is 0.223. The Morgan fingerprint density at radius 1 is 0.720 bits per heavy atom. The molecule has 0 aromatic heterocycles. The van der Waals surface area contributed by atoms with Crippen molar-refractivity contribution in [2.24, 2.45) is 0 Å². The summed E-state index contributed by atoms with van der Waals surface area (Å²) in [6, 6.07) is 13.8. The highest BCUT2D eigenvalue weighted by molar-refractivity contribution is 5.82. The Morgan fingerprint density at radius 2 is 1.12 bits per heavy atom. The van der Waals surface area contributed by atoms with Crippen LogP contribution in [0.3, 0.4) is 0 Å². The predicted octanol–water partition coefficient (Wildman–Crippen LogP) is 5.49. The molecule has 1 aliphatic carbocycles. The molecular formula is C23H30O2. The van der Waals surface area contributed by atoms with Crippen LogP contribution in [-0.4, -0.2) is 27.4 Å². The van der Waals surface area contributed by atoms with Crippen molar-refractivity contribution in [3.8, 4) is 11.1 Å². The fraction of sp³-hybridized carbons (Fsp3) is 0.478. The fourth-order valence-corrected chi connectivity index (χ4v) is 4.11. The Balaban J connectivity index is 2.29. The first kappa shape index (κ1) is 18.2. The van der Waals surface area contributed by atoms with Crippen LogP contribution in [0.1, 0.15) is 61.8 Å². The maximum absolute atomic E-state index is 5.67. The van der Waals surface area contributed by atoms with Crippen LogP contribution >= 0.6 is 0 Å². The van der Waals surface area contributed by atoms with Crippen molar-refractivity contribution in [2.45, 2.75) is 44.9 Å². The van der Waals surface area contributed by atoms with Crippen molar-refractivity contribution in [1.82, 2.24) is 0 Å². The van der Waals surface area contributed by atoms with Gasteiger partial charge in [-0.25, -0.2) is 0 Å². The van der Waals surface area contributed by atoms with E-state index in [1.54, 1.807) is 14.2 Å². The van der Waals surface area contributed by atoms with E-state index in [9.17, 15) is 0 Å². The maximum atomic E-state index is 5.67. The molecule has 2 aromatic rings. The zero-order valence-corrected chi connectivity index (χ0v) is 16.3. The Hall–Kier alpha value is -1.64. The van der Waals surface area contributed by atoms with Crippen molar-refractivity contribution >= 4 is 0 Å². The van der Waals surface area contributed by atoms with Gasteiger partial charge in [0, 0.05) is 14.2 Å². The lowest BCUT2D eigenvalue weighted by atomic mass is 9.79. The smallest absolute Gasteiger partial charge is 0.0681 e. The summed E-state index contributed by atoms with van der Waals surface area (Å²) in [4.78, 5) is 0. The van der Waals surface area contributed by atoms with E-state index in [1.807, 2.05) is 0 Å². The van der Waals surface area contributed by atoms with Gasteiger partial charge >= 0.3 is 0 Å². The van der Waals surface area contributed by atoms with E-state index in [4.69, 9.17) is 9.47 Å². The van der Waals surface area contributed by atoms with Gasteiger partial charge in [-0.2, -0.15) is 0 Å². The second-order valence-corrected chi connectivity index (χ2v) is 7.87. The Kier molecular flexibility index (Phi) is 5.04. The lowest BCUT2D eigenvalue weighted by molar-refractivity contribution is 0.0814. The zero-order chi connectivity index (χ0) is 18.2. The SMILES string of the molecule is COCC1(COC)c2ccc(C(C)C)cc2-c2cc(C(C)C)ccc21. The molecule has 0 atom stereocenters. The van der Waals surface area contributed by atoms with Crippen molar-refractivity contribution < 1.29 is 9.47 Å². The topological polar surface area (TPSA) is 18.5 Å². The number of hydrogen-bond donors (Lipinski definition) is 0. The molecule has 1 aliphatic rings. The van der Waals surface area contributed by atoms with Crippen LogP contribution in [-0.2, 0) is 14.9 Å². The lowest BCUT2D eigenvalue weighted by Gasteiger charge is -2.30. The van der Waals surface area contributed by atoms with Gasteiger partial charge in [0.05, 0.1) is 18.6 Å². The molecule has 0 bridgehead atoms. The molecule has 0 heterocycles. The van der Waals surface area contributed by atoms with E-state index in [-0.39, 0.29) is 5.41 Å². The van der Waals surface area contributed by atoms with Gasteiger partial charge in [-0.15, -0.1) is 0 Å². The van der Waals surface area contributed by atoms with Crippen LogP contribution in [0.5, 0.6) is 0 Å². The van der Waals surface area contributed by atoms with E-state index in [0.717, 1.165) is 0 Å². The molecule has 0 radical (unpaired) electrons. The Labute approximate surface area is 152 Å². The summed E-state index contributed by atoms with van der Waals surface area (Å²) in [5, 5.41) is 0. The third-order valence-electron chi connectivity index (χ3n) is 5.52. The summed E-state index contributed by atoms with van der Waals surface area (Å²) >= 11 is 0. The number of fused-ring (bicyclic) bond motifs is 3. The largest absolute Gasteiger partial charge is 0.383 e. The van der Waals surface area contributed by atoms with Gasteiger partial charge in [0.15, 0.2) is 0 Å². The van der Waals surface area contributed by atoms with Crippen LogP contribution in [0.25, 0.3) is 11.1 Å². The van der Waals surface area contributed by atoms with Gasteiger partial charge in [0.2, 0.25) is 0 Å². The molecule has 134 valence electrons. The molecule has 25 heavy (non-hydrogen) atoms. The van der Waals surface area contributed by atoms with Gasteiger partial charge < -0.3 is 9.47 Å². The van der Waals surface area contributed by atoms with Crippen LogP contribution < -0.4 is 0 Å². The van der Waals surface area contributed by atoms with Crippen LogP contribution in [0.2, 0.25) is 0 Å². The fourth-order valence-electron chi connectivity index (χ4n) is 4.11. The van der Waals surface area contributed by atoms with Crippen molar-refractivity contribution in [3.63, 3.8) is 0 Å². The number of hydrogen-bond acceptors (Lipinski definition) is 2. The summed E-state index contributed by atoms with van der Waals surface area (Å²) in [5.74, 6) is 1.03. The standard InChI is InChI=1S/C23H30O2/c1-15(2)17-7-9-21-19(11-17)20-12-18(16(3)4)8-10-22(20)23(21,13-24-5)14-25-6/h7-12,15-16H,13-14H2,1-6H3. The van der Waals surface area contributed by atoms with Gasteiger partial charge in [0.1, 0.15) is 0 Å². The van der Waals surface area contributed by atoms with Gasteiger partial charge in [-0.05, 0) is 45.2 Å². The first-order valence-electron chi connectivity index (χ1n) is 9.21. The van der Waals surface area contributed by atoms with Crippen LogP contribution in [0.4, 0.5) is 0 Å². The second-order valence-electron chi connectivity index (χ2n) is 7.87. The van der Waals surface area contributed by atoms with E-state index < -0.39 is 0 Å². The molecule has 0 spiro atoms. The number of ether oxygens (including phenoxy) is 2. The van der Waals surface area contributed by atoms with Crippen molar-refractivity contribution in [2.75, 3.05) is 27.4 Å². The highest BCUT2D eigenvalue weighted by Crippen LogP contribution is 2.50. The van der Waals surface area contributed by atoms with Gasteiger partial charge in [0.25, 0.3) is 0 Å². The average molecular weight is 338 g/mol. The normalized spacial score (nSPS) is 14.9. The number of rotatable bonds is 6. The number of methoxy groups -OCH3 is 2. The molecule has 3 rings (SSSR count). The van der Waals surface area contributed by atoms with Gasteiger partial charge in [-0.3, -0.25) is 0 Å². The Bertz CT molecular complexity index is 693. The molecule has 0 fully saturated rings. The second kappa shape index (κ2) is 6.93. The van der Waals surface area contributed by atoms with Gasteiger partial charge in [-0.1, -0.05) is 64.1 Å². The average Bonchev–Trinajstić information content (AvgIpc) is 2.85. The Morgan fingerprint density at radius 3 is 1.44 bits per heavy atom. The molecule has 2 nitrogen and oxygen atoms in total. The minimum atomic E-state index is -0.223. The summed E-state index contributed by atoms with van der Waals surface area (Å²) in [7, 11) is 3.56. The third-order valence-corrected chi connectivity index (χ3v) is 5.52. The van der Waals surface area contributed by atoms with Crippen molar-refractivity contribution in [1.29, 1.82) is 0 Å². The molecule has 0 amide bonds. The highest BCUT2D eigenvalue weighted by Gasteiger charge is 2.43.